The van der Waals surface area contributed by atoms with Gasteiger partial charge in [0.05, 0.1) is 5.69 Å². The minimum atomic E-state index is -1.75. The van der Waals surface area contributed by atoms with Gasteiger partial charge in [0.25, 0.3) is 5.91 Å². The van der Waals surface area contributed by atoms with Gasteiger partial charge < -0.3 is 9.47 Å². The molecule has 0 fully saturated rings. The molecule has 0 bridgehead atoms. The van der Waals surface area contributed by atoms with Gasteiger partial charge in [-0.05, 0) is 36.8 Å². The molecule has 1 heterocycles. The molecule has 1 aliphatic heterocycles. The number of rotatable bonds is 5. The summed E-state index contributed by atoms with van der Waals surface area (Å²) in [5.41, 5.74) is -1.10. The number of benzene rings is 3. The molecule has 3 aromatic carbocycles. The Balaban J connectivity index is 1.75. The Kier molecular flexibility index (Phi) is 5.37. The summed E-state index contributed by atoms with van der Waals surface area (Å²) in [6.07, 6.45) is 0.526. The third-order valence-electron chi connectivity index (χ3n) is 5.06. The predicted molar refractivity (Wildman–Crippen MR) is 115 cm³/mol. The van der Waals surface area contributed by atoms with Crippen molar-refractivity contribution < 1.29 is 23.9 Å². The minimum absolute atomic E-state index is 0.0381. The van der Waals surface area contributed by atoms with E-state index in [0.29, 0.717) is 11.3 Å². The number of fused-ring (bicyclic) bond motifs is 1. The summed E-state index contributed by atoms with van der Waals surface area (Å²) in [5, 5.41) is 0. The standard InChI is InChI=1S/C25H19NO5/c1-2-17-25(23(28)30-18-11-5-3-6-12-18)20-15-9-10-16-21(20)26(22(25)27)24(29)31-19-13-7-4-8-14-19/h2-16H,1,17H2/t25-/m1/s1. The van der Waals surface area contributed by atoms with Gasteiger partial charge in [-0.3, -0.25) is 9.59 Å². The van der Waals surface area contributed by atoms with Crippen LogP contribution in [0.25, 0.3) is 0 Å². The predicted octanol–water partition coefficient (Wildman–Crippen LogP) is 4.65. The zero-order valence-electron chi connectivity index (χ0n) is 16.6. The Morgan fingerprint density at radius 1 is 0.839 bits per heavy atom. The molecule has 6 heteroatoms. The van der Waals surface area contributed by atoms with Crippen molar-refractivity contribution in [3.8, 4) is 11.5 Å². The number of para-hydroxylation sites is 3. The van der Waals surface area contributed by atoms with Crippen LogP contribution in [0.15, 0.2) is 97.6 Å². The summed E-state index contributed by atoms with van der Waals surface area (Å²) in [6, 6.07) is 23.5. The molecular weight excluding hydrogens is 394 g/mol. The van der Waals surface area contributed by atoms with Gasteiger partial charge in [0.1, 0.15) is 11.5 Å². The van der Waals surface area contributed by atoms with Crippen molar-refractivity contribution in [1.82, 2.24) is 0 Å². The number of nitrogens with zero attached hydrogens (tertiary/aromatic N) is 1. The van der Waals surface area contributed by atoms with Crippen LogP contribution < -0.4 is 14.4 Å². The molecule has 2 amide bonds. The summed E-state index contributed by atoms with van der Waals surface area (Å²) in [4.78, 5) is 40.8. The van der Waals surface area contributed by atoms with E-state index < -0.39 is 23.4 Å². The molecule has 1 atom stereocenters. The lowest BCUT2D eigenvalue weighted by molar-refractivity contribution is -0.145. The Morgan fingerprint density at radius 2 is 1.39 bits per heavy atom. The second-order valence-corrected chi connectivity index (χ2v) is 6.94. The van der Waals surface area contributed by atoms with E-state index in [0.717, 1.165) is 4.90 Å². The molecular formula is C25H19NO5. The van der Waals surface area contributed by atoms with Crippen molar-refractivity contribution in [3.63, 3.8) is 0 Å². The molecule has 0 radical (unpaired) electrons. The maximum absolute atomic E-state index is 13.6. The van der Waals surface area contributed by atoms with E-state index in [2.05, 4.69) is 6.58 Å². The van der Waals surface area contributed by atoms with E-state index in [1.165, 1.54) is 6.08 Å². The fourth-order valence-electron chi connectivity index (χ4n) is 3.64. The monoisotopic (exact) mass is 413 g/mol. The van der Waals surface area contributed by atoms with Crippen LogP contribution in [0, 0.1) is 0 Å². The van der Waals surface area contributed by atoms with E-state index >= 15 is 0 Å². The largest absolute Gasteiger partial charge is 0.426 e. The van der Waals surface area contributed by atoms with E-state index in [1.54, 1.807) is 84.9 Å². The first kappa shape index (κ1) is 20.1. The zero-order valence-corrected chi connectivity index (χ0v) is 16.6. The van der Waals surface area contributed by atoms with Crippen molar-refractivity contribution in [3.05, 3.63) is 103 Å². The van der Waals surface area contributed by atoms with Crippen LogP contribution in [0.2, 0.25) is 0 Å². The highest BCUT2D eigenvalue weighted by molar-refractivity contribution is 6.28. The molecule has 1 aliphatic rings. The second-order valence-electron chi connectivity index (χ2n) is 6.94. The molecule has 4 rings (SSSR count). The van der Waals surface area contributed by atoms with Crippen molar-refractivity contribution in [1.29, 1.82) is 0 Å². The summed E-state index contributed by atoms with van der Waals surface area (Å²) in [6.45, 7) is 3.71. The zero-order chi connectivity index (χ0) is 21.8. The first-order valence-electron chi connectivity index (χ1n) is 9.67. The molecule has 0 aromatic heterocycles. The number of esters is 1. The highest BCUT2D eigenvalue weighted by Gasteiger charge is 2.59. The number of amides is 2. The van der Waals surface area contributed by atoms with Crippen molar-refractivity contribution >= 4 is 23.7 Å². The number of imide groups is 1. The van der Waals surface area contributed by atoms with Crippen LogP contribution in [-0.4, -0.2) is 18.0 Å². The van der Waals surface area contributed by atoms with Gasteiger partial charge in [-0.2, -0.15) is 0 Å². The molecule has 6 nitrogen and oxygen atoms in total. The van der Waals surface area contributed by atoms with Gasteiger partial charge in [-0.25, -0.2) is 9.69 Å². The number of hydrogen-bond donors (Lipinski definition) is 0. The van der Waals surface area contributed by atoms with Crippen LogP contribution in [-0.2, 0) is 15.0 Å². The van der Waals surface area contributed by atoms with Gasteiger partial charge in [0.2, 0.25) is 0 Å². The summed E-state index contributed by atoms with van der Waals surface area (Å²) < 4.78 is 10.9. The van der Waals surface area contributed by atoms with Gasteiger partial charge in [-0.1, -0.05) is 60.7 Å². The SMILES string of the molecule is C=CC[C@]1(C(=O)Oc2ccccc2)C(=O)N(C(=O)Oc2ccccc2)c2ccccc21. The van der Waals surface area contributed by atoms with Crippen LogP contribution in [0.1, 0.15) is 12.0 Å². The highest BCUT2D eigenvalue weighted by atomic mass is 16.6. The number of anilines is 1. The van der Waals surface area contributed by atoms with Gasteiger partial charge in [-0.15, -0.1) is 6.58 Å². The lowest BCUT2D eigenvalue weighted by Crippen LogP contribution is -2.50. The molecule has 0 spiro atoms. The van der Waals surface area contributed by atoms with Crippen LogP contribution in [0.5, 0.6) is 11.5 Å². The summed E-state index contributed by atoms with van der Waals surface area (Å²) >= 11 is 0. The van der Waals surface area contributed by atoms with Crippen molar-refractivity contribution in [2.24, 2.45) is 0 Å². The quantitative estimate of drug-likeness (QED) is 0.263. The van der Waals surface area contributed by atoms with Gasteiger partial charge in [0.15, 0.2) is 5.41 Å². The third-order valence-corrected chi connectivity index (χ3v) is 5.06. The third kappa shape index (κ3) is 3.48. The second kappa shape index (κ2) is 8.28. The number of hydrogen-bond acceptors (Lipinski definition) is 5. The molecule has 0 saturated carbocycles. The lowest BCUT2D eigenvalue weighted by Gasteiger charge is -2.25. The van der Waals surface area contributed by atoms with E-state index in [4.69, 9.17) is 9.47 Å². The van der Waals surface area contributed by atoms with E-state index in [1.807, 2.05) is 0 Å². The molecule has 0 saturated heterocycles. The first-order valence-corrected chi connectivity index (χ1v) is 9.67. The van der Waals surface area contributed by atoms with Crippen molar-refractivity contribution in [2.75, 3.05) is 4.90 Å². The Bertz CT molecular complexity index is 1140. The maximum Gasteiger partial charge on any atom is 0.426 e. The summed E-state index contributed by atoms with van der Waals surface area (Å²) in [7, 11) is 0. The molecule has 0 N–H and O–H groups in total. The maximum atomic E-state index is 13.6. The van der Waals surface area contributed by atoms with Gasteiger partial charge in [0, 0.05) is 5.56 Å². The van der Waals surface area contributed by atoms with Gasteiger partial charge >= 0.3 is 12.1 Å². The number of allylic oxidation sites excluding steroid dienone is 1. The lowest BCUT2D eigenvalue weighted by atomic mass is 9.78. The fourth-order valence-corrected chi connectivity index (χ4v) is 3.64. The molecule has 0 aliphatic carbocycles. The highest BCUT2D eigenvalue weighted by Crippen LogP contribution is 2.45. The van der Waals surface area contributed by atoms with Crippen LogP contribution in [0.4, 0.5) is 10.5 Å². The summed E-state index contributed by atoms with van der Waals surface area (Å²) in [5.74, 6) is -0.945. The Hall–Kier alpha value is -4.19. The number of carbonyl (C=O) groups is 3. The average molecular weight is 413 g/mol. The first-order chi connectivity index (χ1) is 15.1. The minimum Gasteiger partial charge on any atom is -0.425 e. The van der Waals surface area contributed by atoms with E-state index in [-0.39, 0.29) is 17.9 Å². The Morgan fingerprint density at radius 3 is 2.00 bits per heavy atom. The molecule has 0 unspecified atom stereocenters. The van der Waals surface area contributed by atoms with E-state index in [9.17, 15) is 14.4 Å². The fraction of sp³-hybridized carbons (Fsp3) is 0.0800. The normalized spacial score (nSPS) is 17.0. The van der Waals surface area contributed by atoms with Crippen LogP contribution in [0.3, 0.4) is 0 Å². The Labute approximate surface area is 179 Å². The molecule has 154 valence electrons. The molecule has 31 heavy (non-hydrogen) atoms. The number of carbonyl (C=O) groups excluding carboxylic acids is 3. The number of ether oxygens (including phenoxy) is 2. The average Bonchev–Trinajstić information content (AvgIpc) is 3.04. The molecule has 3 aromatic rings. The van der Waals surface area contributed by atoms with Crippen molar-refractivity contribution in [2.45, 2.75) is 11.8 Å². The topological polar surface area (TPSA) is 72.9 Å². The smallest absolute Gasteiger partial charge is 0.425 e. The van der Waals surface area contributed by atoms with Crippen LogP contribution >= 0.6 is 0 Å².